The van der Waals surface area contributed by atoms with Crippen LogP contribution in [0.4, 0.5) is 0 Å². The molecular formula is C21H28IN5OS. The van der Waals surface area contributed by atoms with Crippen molar-refractivity contribution in [3.05, 3.63) is 50.6 Å². The number of ether oxygens (including phenoxy) is 1. The van der Waals surface area contributed by atoms with E-state index in [1.54, 1.807) is 0 Å². The van der Waals surface area contributed by atoms with Crippen LogP contribution in [0.15, 0.2) is 24.4 Å². The van der Waals surface area contributed by atoms with Crippen molar-refractivity contribution >= 4 is 39.9 Å². The average molecular weight is 525 g/mol. The molecule has 2 saturated heterocycles. The van der Waals surface area contributed by atoms with E-state index in [4.69, 9.17) is 17.0 Å². The van der Waals surface area contributed by atoms with Crippen LogP contribution in [0.3, 0.4) is 0 Å². The number of thiocarbonyl (C=S) groups is 1. The van der Waals surface area contributed by atoms with E-state index in [2.05, 4.69) is 67.6 Å². The first-order chi connectivity index (χ1) is 14.1. The van der Waals surface area contributed by atoms with Crippen molar-refractivity contribution in [3.63, 3.8) is 0 Å². The number of halogens is 1. The molecule has 29 heavy (non-hydrogen) atoms. The van der Waals surface area contributed by atoms with Crippen molar-refractivity contribution in [1.82, 2.24) is 25.1 Å². The minimum absolute atomic E-state index is 0.0505. The van der Waals surface area contributed by atoms with Crippen LogP contribution in [0.2, 0.25) is 0 Å². The molecule has 0 bridgehead atoms. The van der Waals surface area contributed by atoms with Gasteiger partial charge in [-0.3, -0.25) is 9.88 Å². The lowest BCUT2D eigenvalue weighted by atomic mass is 9.96. The Balaban J connectivity index is 1.59. The van der Waals surface area contributed by atoms with E-state index < -0.39 is 0 Å². The van der Waals surface area contributed by atoms with Gasteiger partial charge in [-0.15, -0.1) is 0 Å². The molecule has 156 valence electrons. The zero-order valence-electron chi connectivity index (χ0n) is 16.9. The van der Waals surface area contributed by atoms with Gasteiger partial charge in [0.25, 0.3) is 0 Å². The van der Waals surface area contributed by atoms with E-state index >= 15 is 0 Å². The minimum Gasteiger partial charge on any atom is -0.379 e. The highest BCUT2D eigenvalue weighted by atomic mass is 127. The molecule has 4 rings (SSSR count). The van der Waals surface area contributed by atoms with Crippen molar-refractivity contribution in [2.75, 3.05) is 39.4 Å². The highest BCUT2D eigenvalue weighted by molar-refractivity contribution is 14.1. The quantitative estimate of drug-likeness (QED) is 0.446. The molecule has 4 heterocycles. The Labute approximate surface area is 191 Å². The van der Waals surface area contributed by atoms with E-state index in [-0.39, 0.29) is 12.1 Å². The van der Waals surface area contributed by atoms with Gasteiger partial charge >= 0.3 is 0 Å². The molecule has 2 unspecified atom stereocenters. The number of H-pyrrole nitrogens is 1. The van der Waals surface area contributed by atoms with Gasteiger partial charge in [0.1, 0.15) is 0 Å². The summed E-state index contributed by atoms with van der Waals surface area (Å²) < 4.78 is 6.76. The molecule has 0 radical (unpaired) electrons. The molecule has 2 atom stereocenters. The first-order valence-electron chi connectivity index (χ1n) is 10.2. The van der Waals surface area contributed by atoms with Crippen LogP contribution < -0.4 is 5.32 Å². The van der Waals surface area contributed by atoms with E-state index in [0.717, 1.165) is 56.6 Å². The first kappa shape index (κ1) is 21.0. The number of aromatic amines is 1. The summed E-state index contributed by atoms with van der Waals surface area (Å²) in [5, 5.41) is 4.39. The lowest BCUT2D eigenvalue weighted by Crippen LogP contribution is -2.39. The number of pyridine rings is 1. The predicted octanol–water partition coefficient (Wildman–Crippen LogP) is 3.33. The smallest absolute Gasteiger partial charge is 0.170 e. The lowest BCUT2D eigenvalue weighted by molar-refractivity contribution is 0.0365. The zero-order chi connectivity index (χ0) is 20.4. The third-order valence-corrected chi connectivity index (χ3v) is 7.56. The number of aryl methyl sites for hydroxylation is 2. The fourth-order valence-electron chi connectivity index (χ4n) is 4.37. The summed E-state index contributed by atoms with van der Waals surface area (Å²) in [6.45, 7) is 10.0. The largest absolute Gasteiger partial charge is 0.379 e. The maximum Gasteiger partial charge on any atom is 0.170 e. The van der Waals surface area contributed by atoms with Gasteiger partial charge in [0.05, 0.1) is 31.0 Å². The van der Waals surface area contributed by atoms with Gasteiger partial charge in [-0.1, -0.05) is 6.07 Å². The SMILES string of the molecule is Cc1[nH]c(C)c(C2C(c3ccccn3)NC(=S)N2CCCN2CCOCC2)c1I. The Morgan fingerprint density at radius 2 is 2.00 bits per heavy atom. The van der Waals surface area contributed by atoms with Crippen LogP contribution in [0.1, 0.15) is 41.1 Å². The Hall–Kier alpha value is -1.23. The number of morpholine rings is 1. The number of hydrogen-bond acceptors (Lipinski definition) is 4. The zero-order valence-corrected chi connectivity index (χ0v) is 19.9. The number of rotatable bonds is 6. The van der Waals surface area contributed by atoms with E-state index in [9.17, 15) is 0 Å². The van der Waals surface area contributed by atoms with Crippen LogP contribution in [-0.4, -0.2) is 64.3 Å². The molecule has 0 saturated carbocycles. The minimum atomic E-state index is 0.0505. The normalized spacial score (nSPS) is 22.9. The lowest BCUT2D eigenvalue weighted by Gasteiger charge is -2.30. The van der Waals surface area contributed by atoms with Gasteiger partial charge in [0.2, 0.25) is 0 Å². The third-order valence-electron chi connectivity index (χ3n) is 5.82. The number of nitrogens with zero attached hydrogens (tertiary/aromatic N) is 3. The van der Waals surface area contributed by atoms with E-state index in [1.165, 1.54) is 20.5 Å². The van der Waals surface area contributed by atoms with Gasteiger partial charge in [-0.05, 0) is 67.2 Å². The predicted molar refractivity (Wildman–Crippen MR) is 127 cm³/mol. The van der Waals surface area contributed by atoms with Crippen molar-refractivity contribution < 1.29 is 4.74 Å². The molecule has 2 aliphatic heterocycles. The maximum absolute atomic E-state index is 5.80. The first-order valence-corrected chi connectivity index (χ1v) is 11.7. The van der Waals surface area contributed by atoms with E-state index in [0.29, 0.717) is 0 Å². The van der Waals surface area contributed by atoms with Gasteiger partial charge in [-0.2, -0.15) is 0 Å². The van der Waals surface area contributed by atoms with E-state index in [1.807, 2.05) is 18.3 Å². The fourth-order valence-corrected chi connectivity index (χ4v) is 5.56. The molecule has 0 aromatic carbocycles. The van der Waals surface area contributed by atoms with Crippen LogP contribution in [-0.2, 0) is 4.74 Å². The summed E-state index contributed by atoms with van der Waals surface area (Å²) in [4.78, 5) is 13.0. The molecule has 0 amide bonds. The van der Waals surface area contributed by atoms with Gasteiger partial charge in [0.15, 0.2) is 5.11 Å². The topological polar surface area (TPSA) is 56.4 Å². The van der Waals surface area contributed by atoms with Crippen molar-refractivity contribution in [2.24, 2.45) is 0 Å². The van der Waals surface area contributed by atoms with Gasteiger partial charge in [-0.25, -0.2) is 0 Å². The summed E-state index contributed by atoms with van der Waals surface area (Å²) >= 11 is 8.26. The average Bonchev–Trinajstić information content (AvgIpc) is 3.18. The van der Waals surface area contributed by atoms with Crippen LogP contribution in [0.5, 0.6) is 0 Å². The van der Waals surface area contributed by atoms with Gasteiger partial charge in [0, 0.05) is 52.9 Å². The van der Waals surface area contributed by atoms with Crippen LogP contribution >= 0.6 is 34.8 Å². The Kier molecular flexibility index (Phi) is 6.73. The highest BCUT2D eigenvalue weighted by Gasteiger charge is 2.41. The second-order valence-electron chi connectivity index (χ2n) is 7.73. The molecule has 2 aromatic heterocycles. The Morgan fingerprint density at radius 3 is 2.66 bits per heavy atom. The molecule has 6 nitrogen and oxygen atoms in total. The summed E-state index contributed by atoms with van der Waals surface area (Å²) in [5.74, 6) is 0. The summed E-state index contributed by atoms with van der Waals surface area (Å²) in [5.41, 5.74) is 4.79. The third kappa shape index (κ3) is 4.45. The second-order valence-corrected chi connectivity index (χ2v) is 9.20. The summed E-state index contributed by atoms with van der Waals surface area (Å²) in [6, 6.07) is 6.28. The molecule has 0 spiro atoms. The molecule has 0 aliphatic carbocycles. The van der Waals surface area contributed by atoms with Crippen molar-refractivity contribution in [3.8, 4) is 0 Å². The summed E-state index contributed by atoms with van der Waals surface area (Å²) in [6.07, 6.45) is 2.94. The monoisotopic (exact) mass is 525 g/mol. The molecule has 2 aromatic rings. The van der Waals surface area contributed by atoms with Gasteiger partial charge < -0.3 is 19.9 Å². The van der Waals surface area contributed by atoms with Crippen molar-refractivity contribution in [2.45, 2.75) is 32.4 Å². The molecule has 8 heteroatoms. The second kappa shape index (κ2) is 9.28. The molecule has 2 N–H and O–H groups in total. The molecule has 2 aliphatic rings. The fraction of sp³-hybridized carbons (Fsp3) is 0.524. The number of aromatic nitrogens is 2. The summed E-state index contributed by atoms with van der Waals surface area (Å²) in [7, 11) is 0. The van der Waals surface area contributed by atoms with Crippen LogP contribution in [0.25, 0.3) is 0 Å². The maximum atomic E-state index is 5.80. The Bertz CT molecular complexity index is 852. The molecular weight excluding hydrogens is 497 g/mol. The van der Waals surface area contributed by atoms with Crippen molar-refractivity contribution in [1.29, 1.82) is 0 Å². The highest BCUT2D eigenvalue weighted by Crippen LogP contribution is 2.42. The Morgan fingerprint density at radius 1 is 1.21 bits per heavy atom. The number of hydrogen-bond donors (Lipinski definition) is 2. The van der Waals surface area contributed by atoms with Crippen LogP contribution in [0, 0.1) is 17.4 Å². The standard InChI is InChI=1S/C21H28IN5OS/c1-14-17(18(22)15(2)24-14)20-19(16-6-3-4-7-23-16)25-21(29)27(20)9-5-8-26-10-12-28-13-11-26/h3-4,6-7,19-20,24H,5,8-13H2,1-2H3,(H,25,29). The molecule has 2 fully saturated rings. The number of nitrogens with one attached hydrogen (secondary N) is 2.